The molecule has 0 fully saturated rings. The molecule has 0 radical (unpaired) electrons. The molecule has 30 heavy (non-hydrogen) atoms. The lowest BCUT2D eigenvalue weighted by atomic mass is 10.2. The molecule has 0 bridgehead atoms. The zero-order valence-electron chi connectivity index (χ0n) is 16.9. The Hall–Kier alpha value is -2.91. The van der Waals surface area contributed by atoms with Crippen LogP contribution in [0.1, 0.15) is 6.92 Å². The predicted octanol–water partition coefficient (Wildman–Crippen LogP) is 4.27. The van der Waals surface area contributed by atoms with Crippen molar-refractivity contribution in [3.63, 3.8) is 0 Å². The fourth-order valence-electron chi connectivity index (χ4n) is 2.64. The number of thioether (sulfide) groups is 1. The number of halogens is 1. The van der Waals surface area contributed by atoms with Gasteiger partial charge in [0.15, 0.2) is 5.82 Å². The quantitative estimate of drug-likeness (QED) is 0.496. The Morgan fingerprint density at radius 1 is 1.10 bits per heavy atom. The van der Waals surface area contributed by atoms with E-state index < -0.39 is 5.25 Å². The highest BCUT2D eigenvalue weighted by atomic mass is 35.5. The van der Waals surface area contributed by atoms with Gasteiger partial charge in [-0.1, -0.05) is 23.4 Å². The number of H-pyrrole nitrogens is 1. The molecule has 0 aliphatic carbocycles. The number of aromatic nitrogens is 3. The van der Waals surface area contributed by atoms with Crippen molar-refractivity contribution in [1.82, 2.24) is 15.2 Å². The third kappa shape index (κ3) is 4.98. The number of ether oxygens (including phenoxy) is 3. The molecule has 0 aliphatic rings. The van der Waals surface area contributed by atoms with Crippen LogP contribution in [0.4, 0.5) is 5.69 Å². The molecule has 2 N–H and O–H groups in total. The van der Waals surface area contributed by atoms with E-state index in [2.05, 4.69) is 20.5 Å². The van der Waals surface area contributed by atoms with Gasteiger partial charge in [-0.2, -0.15) is 0 Å². The molecule has 0 aliphatic heterocycles. The van der Waals surface area contributed by atoms with Crippen LogP contribution in [0.25, 0.3) is 11.4 Å². The van der Waals surface area contributed by atoms with Gasteiger partial charge in [0, 0.05) is 11.1 Å². The second kappa shape index (κ2) is 9.73. The van der Waals surface area contributed by atoms with Gasteiger partial charge in [0.25, 0.3) is 0 Å². The number of amides is 1. The summed E-state index contributed by atoms with van der Waals surface area (Å²) in [5.41, 5.74) is 1.24. The molecule has 3 rings (SSSR count). The molecule has 10 heteroatoms. The molecule has 1 heterocycles. The van der Waals surface area contributed by atoms with E-state index in [1.807, 2.05) is 12.1 Å². The van der Waals surface area contributed by atoms with E-state index in [4.69, 9.17) is 25.8 Å². The Labute approximate surface area is 183 Å². The van der Waals surface area contributed by atoms with Gasteiger partial charge in [-0.05, 0) is 37.3 Å². The maximum atomic E-state index is 12.6. The zero-order chi connectivity index (χ0) is 21.7. The largest absolute Gasteiger partial charge is 0.497 e. The van der Waals surface area contributed by atoms with Gasteiger partial charge in [-0.15, -0.1) is 5.10 Å². The second-order valence-corrected chi connectivity index (χ2v) is 7.87. The van der Waals surface area contributed by atoms with E-state index >= 15 is 0 Å². The number of aromatic amines is 1. The van der Waals surface area contributed by atoms with Crippen molar-refractivity contribution in [1.29, 1.82) is 0 Å². The predicted molar refractivity (Wildman–Crippen MR) is 117 cm³/mol. The summed E-state index contributed by atoms with van der Waals surface area (Å²) in [6.45, 7) is 1.76. The standard InChI is InChI=1S/C20H21ClN4O4S/c1-11(19(26)22-15-9-12(21)5-8-16(15)28-3)30-20-23-18(24-25-20)14-7-6-13(27-2)10-17(14)29-4/h5-11H,1-4H3,(H,22,26)(H,23,24,25). The first-order valence-electron chi connectivity index (χ1n) is 8.91. The first-order valence-corrected chi connectivity index (χ1v) is 10.2. The van der Waals surface area contributed by atoms with E-state index in [1.165, 1.54) is 18.9 Å². The summed E-state index contributed by atoms with van der Waals surface area (Å²) in [6, 6.07) is 10.4. The van der Waals surface area contributed by atoms with Crippen LogP contribution < -0.4 is 19.5 Å². The van der Waals surface area contributed by atoms with Crippen LogP contribution in [-0.4, -0.2) is 47.7 Å². The van der Waals surface area contributed by atoms with E-state index in [0.717, 1.165) is 5.56 Å². The minimum atomic E-state index is -0.463. The van der Waals surface area contributed by atoms with Crippen molar-refractivity contribution < 1.29 is 19.0 Å². The van der Waals surface area contributed by atoms with E-state index in [-0.39, 0.29) is 5.91 Å². The number of hydrogen-bond acceptors (Lipinski definition) is 7. The van der Waals surface area contributed by atoms with Crippen LogP contribution in [0.5, 0.6) is 17.2 Å². The smallest absolute Gasteiger partial charge is 0.237 e. The molecule has 3 aromatic rings. The summed E-state index contributed by atoms with van der Waals surface area (Å²) in [5, 5.41) is 10.4. The monoisotopic (exact) mass is 448 g/mol. The lowest BCUT2D eigenvalue weighted by Gasteiger charge is -2.13. The fraction of sp³-hybridized carbons (Fsp3) is 0.250. The van der Waals surface area contributed by atoms with Crippen molar-refractivity contribution in [3.05, 3.63) is 41.4 Å². The maximum Gasteiger partial charge on any atom is 0.237 e. The molecule has 8 nitrogen and oxygen atoms in total. The van der Waals surface area contributed by atoms with Crippen LogP contribution in [0.2, 0.25) is 5.02 Å². The van der Waals surface area contributed by atoms with Gasteiger partial charge in [0.2, 0.25) is 11.1 Å². The van der Waals surface area contributed by atoms with Crippen LogP contribution in [-0.2, 0) is 4.79 Å². The number of carbonyl (C=O) groups excluding carboxylic acids is 1. The van der Waals surface area contributed by atoms with Gasteiger partial charge in [-0.25, -0.2) is 4.98 Å². The summed E-state index contributed by atoms with van der Waals surface area (Å²) in [5.74, 6) is 2.10. The number of carbonyl (C=O) groups is 1. The summed E-state index contributed by atoms with van der Waals surface area (Å²) >= 11 is 7.24. The highest BCUT2D eigenvalue weighted by Gasteiger charge is 2.20. The van der Waals surface area contributed by atoms with Crippen molar-refractivity contribution in [3.8, 4) is 28.6 Å². The van der Waals surface area contributed by atoms with E-state index in [1.54, 1.807) is 45.4 Å². The molecule has 1 amide bonds. The van der Waals surface area contributed by atoms with Gasteiger partial charge in [0.1, 0.15) is 17.2 Å². The van der Waals surface area contributed by atoms with Crippen molar-refractivity contribution in [2.75, 3.05) is 26.6 Å². The molecule has 0 spiro atoms. The lowest BCUT2D eigenvalue weighted by Crippen LogP contribution is -2.22. The molecule has 0 saturated carbocycles. The van der Waals surface area contributed by atoms with Gasteiger partial charge in [-0.3, -0.25) is 9.89 Å². The number of benzene rings is 2. The average Bonchev–Trinajstić information content (AvgIpc) is 3.21. The summed E-state index contributed by atoms with van der Waals surface area (Å²) in [4.78, 5) is 17.1. The first-order chi connectivity index (χ1) is 14.4. The zero-order valence-corrected chi connectivity index (χ0v) is 18.4. The SMILES string of the molecule is COc1ccc(-c2nc(SC(C)C(=O)Nc3cc(Cl)ccc3OC)n[nH]2)c(OC)c1. The normalized spacial score (nSPS) is 11.6. The third-order valence-electron chi connectivity index (χ3n) is 4.20. The number of nitrogens with one attached hydrogen (secondary N) is 2. The Bertz CT molecular complexity index is 1040. The number of nitrogens with zero attached hydrogens (tertiary/aromatic N) is 2. The molecular formula is C20H21ClN4O4S. The van der Waals surface area contributed by atoms with E-state index in [9.17, 15) is 4.79 Å². The minimum absolute atomic E-state index is 0.228. The highest BCUT2D eigenvalue weighted by Crippen LogP contribution is 2.33. The topological polar surface area (TPSA) is 98.4 Å². The van der Waals surface area contributed by atoms with Crippen LogP contribution >= 0.6 is 23.4 Å². The number of hydrogen-bond donors (Lipinski definition) is 2. The van der Waals surface area contributed by atoms with Crippen molar-refractivity contribution in [2.24, 2.45) is 0 Å². The lowest BCUT2D eigenvalue weighted by molar-refractivity contribution is -0.115. The molecule has 2 aromatic carbocycles. The summed E-state index contributed by atoms with van der Waals surface area (Å²) in [6.07, 6.45) is 0. The van der Waals surface area contributed by atoms with Crippen LogP contribution in [0.3, 0.4) is 0 Å². The second-order valence-electron chi connectivity index (χ2n) is 6.13. The van der Waals surface area contributed by atoms with Crippen LogP contribution in [0.15, 0.2) is 41.6 Å². The van der Waals surface area contributed by atoms with Gasteiger partial charge in [0.05, 0.1) is 37.8 Å². The maximum absolute atomic E-state index is 12.6. The summed E-state index contributed by atoms with van der Waals surface area (Å²) in [7, 11) is 4.68. The minimum Gasteiger partial charge on any atom is -0.497 e. The molecule has 1 unspecified atom stereocenters. The van der Waals surface area contributed by atoms with Crippen LogP contribution in [0, 0.1) is 0 Å². The molecule has 1 atom stereocenters. The van der Waals surface area contributed by atoms with Crippen molar-refractivity contribution in [2.45, 2.75) is 17.3 Å². The summed E-state index contributed by atoms with van der Waals surface area (Å²) < 4.78 is 15.9. The fourth-order valence-corrected chi connectivity index (χ4v) is 3.53. The number of methoxy groups -OCH3 is 3. The number of anilines is 1. The Morgan fingerprint density at radius 3 is 2.57 bits per heavy atom. The number of rotatable bonds is 8. The molecule has 1 aromatic heterocycles. The van der Waals surface area contributed by atoms with E-state index in [0.29, 0.717) is 38.9 Å². The first kappa shape index (κ1) is 21.8. The van der Waals surface area contributed by atoms with Gasteiger partial charge < -0.3 is 19.5 Å². The average molecular weight is 449 g/mol. The Balaban J connectivity index is 1.71. The van der Waals surface area contributed by atoms with Crippen molar-refractivity contribution >= 4 is 35.0 Å². The third-order valence-corrected chi connectivity index (χ3v) is 5.40. The molecule has 158 valence electrons. The Kier molecular flexibility index (Phi) is 7.07. The van der Waals surface area contributed by atoms with Gasteiger partial charge >= 0.3 is 0 Å². The Morgan fingerprint density at radius 2 is 1.87 bits per heavy atom. The molecular weight excluding hydrogens is 428 g/mol. The molecule has 0 saturated heterocycles. The highest BCUT2D eigenvalue weighted by molar-refractivity contribution is 8.00.